The van der Waals surface area contributed by atoms with Gasteiger partial charge in [0.05, 0.1) is 24.1 Å². The van der Waals surface area contributed by atoms with E-state index in [1.807, 2.05) is 36.1 Å². The monoisotopic (exact) mass is 476 g/mol. The van der Waals surface area contributed by atoms with Gasteiger partial charge in [0, 0.05) is 37.3 Å². The number of piperazine rings is 1. The van der Waals surface area contributed by atoms with Crippen molar-refractivity contribution in [3.63, 3.8) is 0 Å². The fourth-order valence-electron chi connectivity index (χ4n) is 4.06. The molecule has 0 saturated carbocycles. The van der Waals surface area contributed by atoms with Gasteiger partial charge in [-0.05, 0) is 43.7 Å². The van der Waals surface area contributed by atoms with E-state index in [2.05, 4.69) is 10.3 Å². The number of ether oxygens (including phenoxy) is 1. The Kier molecular flexibility index (Phi) is 7.14. The molecule has 0 radical (unpaired) electrons. The summed E-state index contributed by atoms with van der Waals surface area (Å²) >= 11 is 0. The molecule has 1 aliphatic rings. The van der Waals surface area contributed by atoms with Crippen LogP contribution in [0.15, 0.2) is 48.5 Å². The Morgan fingerprint density at radius 3 is 2.40 bits per heavy atom. The maximum Gasteiger partial charge on any atom is 0.409 e. The summed E-state index contributed by atoms with van der Waals surface area (Å²) in [5.74, 6) is -0.726. The number of rotatable bonds is 6. The van der Waals surface area contributed by atoms with Crippen molar-refractivity contribution in [1.82, 2.24) is 9.88 Å². The van der Waals surface area contributed by atoms with Crippen molar-refractivity contribution in [1.29, 1.82) is 0 Å². The molecule has 1 aliphatic heterocycles. The zero-order valence-corrected chi connectivity index (χ0v) is 19.8. The van der Waals surface area contributed by atoms with E-state index in [9.17, 15) is 19.5 Å². The first-order valence-corrected chi connectivity index (χ1v) is 11.5. The Labute approximate surface area is 203 Å². The number of fused-ring (bicyclic) bond motifs is 1. The predicted octanol–water partition coefficient (Wildman–Crippen LogP) is 3.70. The van der Waals surface area contributed by atoms with E-state index >= 15 is 0 Å². The maximum atomic E-state index is 12.5. The number of anilines is 2. The second kappa shape index (κ2) is 10.4. The average molecular weight is 477 g/mol. The van der Waals surface area contributed by atoms with Gasteiger partial charge in [0.1, 0.15) is 5.82 Å². The molecule has 2 aromatic carbocycles. The van der Waals surface area contributed by atoms with Gasteiger partial charge >= 0.3 is 12.1 Å². The summed E-state index contributed by atoms with van der Waals surface area (Å²) in [7, 11) is 0. The lowest BCUT2D eigenvalue weighted by Gasteiger charge is -2.35. The number of aromatic carboxylic acids is 1. The fourth-order valence-corrected chi connectivity index (χ4v) is 4.06. The number of carboxylic acids is 1. The van der Waals surface area contributed by atoms with Crippen LogP contribution in [0.3, 0.4) is 0 Å². The molecule has 0 aliphatic carbocycles. The minimum Gasteiger partial charge on any atom is -0.478 e. The number of carbonyl (C=O) groups is 3. The lowest BCUT2D eigenvalue weighted by Crippen LogP contribution is -2.49. The van der Waals surface area contributed by atoms with Crippen LogP contribution in [0.25, 0.3) is 10.9 Å². The molecule has 1 fully saturated rings. The van der Waals surface area contributed by atoms with Gasteiger partial charge in [-0.2, -0.15) is 0 Å². The SMILES string of the molecule is CCOC(=O)N1CCN(c2cc(C(=O)O)c3cc(NC(=O)Cc4ccc(C)cc4)ccc3n2)CC1. The Morgan fingerprint density at radius 1 is 1.03 bits per heavy atom. The molecule has 2 heterocycles. The molecule has 1 saturated heterocycles. The molecule has 0 bridgehead atoms. The second-order valence-electron chi connectivity index (χ2n) is 8.45. The molecule has 3 aromatic rings. The Hall–Kier alpha value is -4.14. The summed E-state index contributed by atoms with van der Waals surface area (Å²) in [5.41, 5.74) is 3.15. The third-order valence-electron chi connectivity index (χ3n) is 5.92. The van der Waals surface area contributed by atoms with Gasteiger partial charge in [-0.15, -0.1) is 0 Å². The number of benzene rings is 2. The van der Waals surface area contributed by atoms with E-state index in [1.165, 1.54) is 0 Å². The minimum atomic E-state index is -1.08. The number of nitrogens with zero attached hydrogens (tertiary/aromatic N) is 3. The molecular formula is C26H28N4O5. The molecule has 9 heteroatoms. The fraction of sp³-hybridized carbons (Fsp3) is 0.308. The van der Waals surface area contributed by atoms with Crippen molar-refractivity contribution in [3.05, 3.63) is 65.2 Å². The van der Waals surface area contributed by atoms with Gasteiger partial charge in [-0.1, -0.05) is 29.8 Å². The first kappa shape index (κ1) is 24.0. The summed E-state index contributed by atoms with van der Waals surface area (Å²) in [6.45, 7) is 6.04. The number of aryl methyl sites for hydroxylation is 1. The molecule has 0 unspecified atom stereocenters. The second-order valence-corrected chi connectivity index (χ2v) is 8.45. The quantitative estimate of drug-likeness (QED) is 0.558. The number of nitrogens with one attached hydrogen (secondary N) is 1. The van der Waals surface area contributed by atoms with Gasteiger partial charge in [-0.25, -0.2) is 14.6 Å². The highest BCUT2D eigenvalue weighted by atomic mass is 16.6. The smallest absolute Gasteiger partial charge is 0.409 e. The van der Waals surface area contributed by atoms with E-state index in [-0.39, 0.29) is 24.0 Å². The first-order chi connectivity index (χ1) is 16.8. The minimum absolute atomic E-state index is 0.104. The lowest BCUT2D eigenvalue weighted by molar-refractivity contribution is -0.115. The number of hydrogen-bond acceptors (Lipinski definition) is 6. The highest BCUT2D eigenvalue weighted by Gasteiger charge is 2.24. The molecule has 35 heavy (non-hydrogen) atoms. The van der Waals surface area contributed by atoms with Crippen LogP contribution in [0.4, 0.5) is 16.3 Å². The van der Waals surface area contributed by atoms with Crippen LogP contribution in [-0.2, 0) is 16.0 Å². The molecule has 2 amide bonds. The summed E-state index contributed by atoms with van der Waals surface area (Å²) in [6.07, 6.45) is -0.124. The normalized spacial score (nSPS) is 13.5. The number of carboxylic acid groups (broad SMARTS) is 1. The molecule has 9 nitrogen and oxygen atoms in total. The maximum absolute atomic E-state index is 12.5. The average Bonchev–Trinajstić information content (AvgIpc) is 2.85. The highest BCUT2D eigenvalue weighted by Crippen LogP contribution is 2.27. The number of amides is 2. The van der Waals surface area contributed by atoms with Crippen LogP contribution in [0.1, 0.15) is 28.4 Å². The number of aromatic nitrogens is 1. The van der Waals surface area contributed by atoms with Crippen molar-refractivity contribution >= 4 is 40.4 Å². The van der Waals surface area contributed by atoms with E-state index in [4.69, 9.17) is 4.74 Å². The number of hydrogen-bond donors (Lipinski definition) is 2. The zero-order valence-electron chi connectivity index (χ0n) is 19.8. The summed E-state index contributed by atoms with van der Waals surface area (Å²) in [5, 5.41) is 13.2. The molecule has 0 spiro atoms. The van der Waals surface area contributed by atoms with Crippen molar-refractivity contribution in [2.75, 3.05) is 43.0 Å². The standard InChI is InChI=1S/C26H28N4O5/c1-3-35-26(34)30-12-10-29(11-13-30)23-16-21(25(32)33)20-15-19(8-9-22(20)28-23)27-24(31)14-18-6-4-17(2)5-7-18/h4-9,15-16H,3,10-14H2,1-2H3,(H,27,31)(H,32,33). The Balaban J connectivity index is 1.52. The predicted molar refractivity (Wildman–Crippen MR) is 133 cm³/mol. The number of pyridine rings is 1. The van der Waals surface area contributed by atoms with Crippen molar-refractivity contribution in [2.45, 2.75) is 20.3 Å². The van der Waals surface area contributed by atoms with Crippen LogP contribution in [-0.4, -0.2) is 65.7 Å². The van der Waals surface area contributed by atoms with Gasteiger partial charge < -0.3 is 25.0 Å². The van der Waals surface area contributed by atoms with E-state index in [1.54, 1.807) is 36.1 Å². The van der Waals surface area contributed by atoms with Crippen LogP contribution < -0.4 is 10.2 Å². The lowest BCUT2D eigenvalue weighted by atomic mass is 10.1. The molecule has 2 N–H and O–H groups in total. The van der Waals surface area contributed by atoms with Crippen LogP contribution in [0.5, 0.6) is 0 Å². The summed E-state index contributed by atoms with van der Waals surface area (Å²) in [4.78, 5) is 44.8. The Bertz CT molecular complexity index is 1250. The molecule has 182 valence electrons. The summed E-state index contributed by atoms with van der Waals surface area (Å²) in [6, 6.07) is 14.4. The molecular weight excluding hydrogens is 448 g/mol. The van der Waals surface area contributed by atoms with E-state index in [0.717, 1.165) is 11.1 Å². The van der Waals surface area contributed by atoms with Gasteiger partial charge in [0.25, 0.3) is 0 Å². The van der Waals surface area contributed by atoms with Gasteiger partial charge in [-0.3, -0.25) is 4.79 Å². The molecule has 1 aromatic heterocycles. The first-order valence-electron chi connectivity index (χ1n) is 11.5. The highest BCUT2D eigenvalue weighted by molar-refractivity contribution is 6.05. The van der Waals surface area contributed by atoms with Gasteiger partial charge in [0.2, 0.25) is 5.91 Å². The van der Waals surface area contributed by atoms with Crippen LogP contribution >= 0.6 is 0 Å². The van der Waals surface area contributed by atoms with Gasteiger partial charge in [0.15, 0.2) is 0 Å². The van der Waals surface area contributed by atoms with Crippen molar-refractivity contribution < 1.29 is 24.2 Å². The van der Waals surface area contributed by atoms with Crippen molar-refractivity contribution in [3.8, 4) is 0 Å². The molecule has 4 rings (SSSR count). The van der Waals surface area contributed by atoms with Crippen molar-refractivity contribution in [2.24, 2.45) is 0 Å². The van der Waals surface area contributed by atoms with Crippen LogP contribution in [0.2, 0.25) is 0 Å². The largest absolute Gasteiger partial charge is 0.478 e. The summed E-state index contributed by atoms with van der Waals surface area (Å²) < 4.78 is 5.05. The van der Waals surface area contributed by atoms with E-state index in [0.29, 0.717) is 55.2 Å². The van der Waals surface area contributed by atoms with E-state index < -0.39 is 5.97 Å². The third-order valence-corrected chi connectivity index (χ3v) is 5.92. The topological polar surface area (TPSA) is 112 Å². The zero-order chi connectivity index (χ0) is 24.9. The number of carbonyl (C=O) groups excluding carboxylic acids is 2. The van der Waals surface area contributed by atoms with Crippen LogP contribution in [0, 0.1) is 6.92 Å². The Morgan fingerprint density at radius 2 is 1.74 bits per heavy atom. The third kappa shape index (κ3) is 5.68. The molecule has 0 atom stereocenters.